The van der Waals surface area contributed by atoms with Crippen LogP contribution in [0.2, 0.25) is 0 Å². The number of aromatic amines is 1. The molecular weight excluding hydrogens is 222 g/mol. The molecule has 0 saturated heterocycles. The third-order valence-corrected chi connectivity index (χ3v) is 3.11. The topological polar surface area (TPSA) is 40.7 Å². The Kier molecular flexibility index (Phi) is 4.15. The van der Waals surface area contributed by atoms with E-state index >= 15 is 0 Å². The van der Waals surface area contributed by atoms with Crippen molar-refractivity contribution in [2.24, 2.45) is 0 Å². The van der Waals surface area contributed by atoms with E-state index in [1.54, 1.807) is 6.20 Å². The Hall–Kier alpha value is -1.61. The maximum atomic E-state index is 4.22. The minimum absolute atomic E-state index is 0.374. The van der Waals surface area contributed by atoms with Crippen LogP contribution in [0.15, 0.2) is 30.6 Å². The average molecular weight is 243 g/mol. The smallest absolute Gasteiger partial charge is 0.107 e. The molecule has 0 aliphatic heterocycles. The summed E-state index contributed by atoms with van der Waals surface area (Å²) < 4.78 is 0. The van der Waals surface area contributed by atoms with E-state index in [9.17, 15) is 0 Å². The number of benzene rings is 1. The van der Waals surface area contributed by atoms with Crippen molar-refractivity contribution in [2.75, 3.05) is 6.54 Å². The first-order chi connectivity index (χ1) is 8.65. The lowest BCUT2D eigenvalue weighted by atomic mass is 10.0. The van der Waals surface area contributed by atoms with E-state index in [0.29, 0.717) is 6.04 Å². The van der Waals surface area contributed by atoms with Crippen LogP contribution in [0.3, 0.4) is 0 Å². The molecule has 0 aliphatic carbocycles. The van der Waals surface area contributed by atoms with Gasteiger partial charge in [0, 0.05) is 31.4 Å². The SMILES string of the molecule is Cc1cc(C)cc(C(C)NCCc2ncc[nH]2)c1. The zero-order valence-electron chi connectivity index (χ0n) is 11.3. The summed E-state index contributed by atoms with van der Waals surface area (Å²) in [5, 5.41) is 3.53. The van der Waals surface area contributed by atoms with Crippen molar-refractivity contribution >= 4 is 0 Å². The predicted molar refractivity (Wildman–Crippen MR) is 74.6 cm³/mol. The van der Waals surface area contributed by atoms with Gasteiger partial charge in [0.05, 0.1) is 0 Å². The molecule has 0 bridgehead atoms. The number of hydrogen-bond donors (Lipinski definition) is 2. The van der Waals surface area contributed by atoms with Crippen LogP contribution in [0.5, 0.6) is 0 Å². The van der Waals surface area contributed by atoms with Crippen molar-refractivity contribution in [3.63, 3.8) is 0 Å². The number of hydrogen-bond acceptors (Lipinski definition) is 2. The van der Waals surface area contributed by atoms with Gasteiger partial charge >= 0.3 is 0 Å². The highest BCUT2D eigenvalue weighted by Crippen LogP contribution is 2.16. The van der Waals surface area contributed by atoms with Gasteiger partial charge in [-0.25, -0.2) is 4.98 Å². The van der Waals surface area contributed by atoms with Gasteiger partial charge in [-0.05, 0) is 26.3 Å². The van der Waals surface area contributed by atoms with Gasteiger partial charge < -0.3 is 10.3 Å². The van der Waals surface area contributed by atoms with Crippen LogP contribution in [0.4, 0.5) is 0 Å². The highest BCUT2D eigenvalue weighted by Gasteiger charge is 2.06. The van der Waals surface area contributed by atoms with Crippen LogP contribution in [0, 0.1) is 13.8 Å². The summed E-state index contributed by atoms with van der Waals surface area (Å²) in [6.45, 7) is 7.43. The fraction of sp³-hybridized carbons (Fsp3) is 0.400. The van der Waals surface area contributed by atoms with Crippen LogP contribution >= 0.6 is 0 Å². The van der Waals surface area contributed by atoms with E-state index in [2.05, 4.69) is 54.3 Å². The molecule has 0 radical (unpaired) electrons. The van der Waals surface area contributed by atoms with E-state index in [1.807, 2.05) is 6.20 Å². The fourth-order valence-corrected chi connectivity index (χ4v) is 2.22. The molecule has 1 unspecified atom stereocenters. The van der Waals surface area contributed by atoms with Crippen molar-refractivity contribution in [1.29, 1.82) is 0 Å². The van der Waals surface area contributed by atoms with Crippen LogP contribution < -0.4 is 5.32 Å². The third-order valence-electron chi connectivity index (χ3n) is 3.11. The predicted octanol–water partition coefficient (Wildman–Crippen LogP) is 2.92. The number of aryl methyl sites for hydroxylation is 2. The zero-order chi connectivity index (χ0) is 13.0. The molecule has 2 N–H and O–H groups in total. The number of H-pyrrole nitrogens is 1. The molecule has 0 aliphatic rings. The highest BCUT2D eigenvalue weighted by atomic mass is 14.9. The van der Waals surface area contributed by atoms with Gasteiger partial charge in [0.2, 0.25) is 0 Å². The van der Waals surface area contributed by atoms with Gasteiger partial charge in [0.15, 0.2) is 0 Å². The van der Waals surface area contributed by atoms with Gasteiger partial charge in [-0.2, -0.15) is 0 Å². The van der Waals surface area contributed by atoms with Gasteiger partial charge in [-0.3, -0.25) is 0 Å². The van der Waals surface area contributed by atoms with Crippen molar-refractivity contribution < 1.29 is 0 Å². The Bertz CT molecular complexity index is 468. The lowest BCUT2D eigenvalue weighted by molar-refractivity contribution is 0.571. The first-order valence-corrected chi connectivity index (χ1v) is 6.45. The zero-order valence-corrected chi connectivity index (χ0v) is 11.3. The molecule has 2 aromatic rings. The van der Waals surface area contributed by atoms with Crippen LogP contribution in [0.1, 0.15) is 35.5 Å². The maximum absolute atomic E-state index is 4.22. The standard InChI is InChI=1S/C15H21N3/c1-11-8-12(2)10-14(9-11)13(3)16-5-4-15-17-6-7-18-15/h6-10,13,16H,4-5H2,1-3H3,(H,17,18). The normalized spacial score (nSPS) is 12.6. The maximum Gasteiger partial charge on any atom is 0.107 e. The Morgan fingerprint density at radius 1 is 1.22 bits per heavy atom. The summed E-state index contributed by atoms with van der Waals surface area (Å²) in [5.74, 6) is 1.04. The first-order valence-electron chi connectivity index (χ1n) is 6.45. The Labute approximate surface area is 109 Å². The van der Waals surface area contributed by atoms with Crippen molar-refractivity contribution in [1.82, 2.24) is 15.3 Å². The lowest BCUT2D eigenvalue weighted by Crippen LogP contribution is -2.21. The van der Waals surface area contributed by atoms with Crippen LogP contribution in [-0.2, 0) is 6.42 Å². The number of imidazole rings is 1. The van der Waals surface area contributed by atoms with Gasteiger partial charge in [-0.15, -0.1) is 0 Å². The first kappa shape index (κ1) is 12.8. The molecule has 0 amide bonds. The summed E-state index contributed by atoms with van der Waals surface area (Å²) in [6.07, 6.45) is 4.59. The third kappa shape index (κ3) is 3.44. The highest BCUT2D eigenvalue weighted by molar-refractivity contribution is 5.30. The minimum atomic E-state index is 0.374. The molecule has 0 spiro atoms. The average Bonchev–Trinajstić information content (AvgIpc) is 2.80. The lowest BCUT2D eigenvalue weighted by Gasteiger charge is -2.15. The number of nitrogens with zero attached hydrogens (tertiary/aromatic N) is 1. The van der Waals surface area contributed by atoms with Gasteiger partial charge in [0.25, 0.3) is 0 Å². The van der Waals surface area contributed by atoms with E-state index in [1.165, 1.54) is 16.7 Å². The second-order valence-electron chi connectivity index (χ2n) is 4.88. The van der Waals surface area contributed by atoms with E-state index < -0.39 is 0 Å². The number of aromatic nitrogens is 2. The summed E-state index contributed by atoms with van der Waals surface area (Å²) in [7, 11) is 0. The van der Waals surface area contributed by atoms with Gasteiger partial charge in [-0.1, -0.05) is 29.3 Å². The monoisotopic (exact) mass is 243 g/mol. The summed E-state index contributed by atoms with van der Waals surface area (Å²) in [6, 6.07) is 7.08. The van der Waals surface area contributed by atoms with Crippen LogP contribution in [-0.4, -0.2) is 16.5 Å². The molecule has 1 heterocycles. The molecule has 18 heavy (non-hydrogen) atoms. The molecule has 2 rings (SSSR count). The number of nitrogens with one attached hydrogen (secondary N) is 2. The molecule has 96 valence electrons. The molecular formula is C15H21N3. The second kappa shape index (κ2) is 5.83. The second-order valence-corrected chi connectivity index (χ2v) is 4.88. The Balaban J connectivity index is 1.89. The van der Waals surface area contributed by atoms with Crippen molar-refractivity contribution in [3.05, 3.63) is 53.1 Å². The van der Waals surface area contributed by atoms with Crippen molar-refractivity contribution in [3.8, 4) is 0 Å². The van der Waals surface area contributed by atoms with E-state index in [-0.39, 0.29) is 0 Å². The van der Waals surface area contributed by atoms with Crippen molar-refractivity contribution in [2.45, 2.75) is 33.2 Å². The summed E-state index contributed by atoms with van der Waals surface area (Å²) in [5.41, 5.74) is 4.00. The minimum Gasteiger partial charge on any atom is -0.349 e. The van der Waals surface area contributed by atoms with Gasteiger partial charge in [0.1, 0.15) is 5.82 Å². The number of rotatable bonds is 5. The largest absolute Gasteiger partial charge is 0.349 e. The molecule has 1 atom stereocenters. The fourth-order valence-electron chi connectivity index (χ4n) is 2.22. The molecule has 0 saturated carbocycles. The molecule has 3 heteroatoms. The Morgan fingerprint density at radius 2 is 1.94 bits per heavy atom. The molecule has 1 aromatic heterocycles. The van der Waals surface area contributed by atoms with E-state index in [4.69, 9.17) is 0 Å². The summed E-state index contributed by atoms with van der Waals surface area (Å²) >= 11 is 0. The quantitative estimate of drug-likeness (QED) is 0.847. The molecule has 0 fully saturated rings. The summed E-state index contributed by atoms with van der Waals surface area (Å²) in [4.78, 5) is 7.34. The molecule has 3 nitrogen and oxygen atoms in total. The molecule has 1 aromatic carbocycles. The van der Waals surface area contributed by atoms with E-state index in [0.717, 1.165) is 18.8 Å². The van der Waals surface area contributed by atoms with Crippen LogP contribution in [0.25, 0.3) is 0 Å². The Morgan fingerprint density at radius 3 is 2.56 bits per heavy atom.